The summed E-state index contributed by atoms with van der Waals surface area (Å²) in [4.78, 5) is 30.9. The Balaban J connectivity index is 1.31. The Labute approximate surface area is 213 Å². The van der Waals surface area contributed by atoms with Crippen molar-refractivity contribution >= 4 is 11.9 Å². The number of piperazine rings is 1. The van der Waals surface area contributed by atoms with Crippen LogP contribution in [0.2, 0.25) is 0 Å². The molecule has 1 saturated heterocycles. The van der Waals surface area contributed by atoms with Gasteiger partial charge in [0.1, 0.15) is 5.75 Å². The van der Waals surface area contributed by atoms with E-state index < -0.39 is 0 Å². The van der Waals surface area contributed by atoms with Crippen molar-refractivity contribution in [2.45, 2.75) is 32.6 Å². The molecule has 1 aromatic heterocycles. The number of amides is 1. The standard InChI is InChI=1S/C27H36N6O3/c1-4-32-11-13-33(14-12-32)24-9-7-23(8-10-24)30-27-28-18-21(19-29-27)6-5-20-15-22(26(34)31-36-3)17-25(16-20)35-2/h7,9,15-19H,4-6,8,10-14H2,1-3H3,(H,31,34)(H,28,29,30). The number of allylic oxidation sites excluding steroid dienone is 4. The Bertz CT molecular complexity index is 1090. The molecule has 192 valence electrons. The largest absolute Gasteiger partial charge is 0.497 e. The monoisotopic (exact) mass is 492 g/mol. The number of nitrogens with zero attached hydrogens (tertiary/aromatic N) is 4. The molecule has 1 fully saturated rings. The number of nitrogens with one attached hydrogen (secondary N) is 2. The van der Waals surface area contributed by atoms with E-state index in [0.29, 0.717) is 17.3 Å². The molecular formula is C27H36N6O3. The number of benzene rings is 1. The average Bonchev–Trinajstić information content (AvgIpc) is 2.93. The molecule has 0 saturated carbocycles. The number of aryl methyl sites for hydroxylation is 2. The van der Waals surface area contributed by atoms with Crippen molar-refractivity contribution in [1.29, 1.82) is 0 Å². The predicted molar refractivity (Wildman–Crippen MR) is 140 cm³/mol. The van der Waals surface area contributed by atoms with Gasteiger partial charge in [0.15, 0.2) is 0 Å². The highest BCUT2D eigenvalue weighted by Gasteiger charge is 2.19. The van der Waals surface area contributed by atoms with E-state index >= 15 is 0 Å². The number of hydrogen-bond donors (Lipinski definition) is 2. The fourth-order valence-electron chi connectivity index (χ4n) is 4.53. The zero-order valence-electron chi connectivity index (χ0n) is 21.4. The summed E-state index contributed by atoms with van der Waals surface area (Å²) in [7, 11) is 2.99. The second-order valence-electron chi connectivity index (χ2n) is 9.02. The summed E-state index contributed by atoms with van der Waals surface area (Å²) in [5.74, 6) is 0.929. The van der Waals surface area contributed by atoms with E-state index in [2.05, 4.69) is 49.6 Å². The quantitative estimate of drug-likeness (QED) is 0.489. The molecule has 2 heterocycles. The highest BCUT2D eigenvalue weighted by molar-refractivity contribution is 5.94. The minimum atomic E-state index is -0.311. The van der Waals surface area contributed by atoms with Crippen LogP contribution in [0.25, 0.3) is 0 Å². The molecule has 1 aromatic carbocycles. The second-order valence-corrected chi connectivity index (χ2v) is 9.02. The van der Waals surface area contributed by atoms with Gasteiger partial charge in [0.05, 0.1) is 14.2 Å². The molecule has 0 bridgehead atoms. The van der Waals surface area contributed by atoms with Crippen LogP contribution in [0.1, 0.15) is 41.3 Å². The van der Waals surface area contributed by atoms with Crippen LogP contribution in [0.5, 0.6) is 5.75 Å². The van der Waals surface area contributed by atoms with Gasteiger partial charge in [-0.05, 0) is 73.7 Å². The molecule has 1 aliphatic heterocycles. The number of carbonyl (C=O) groups excluding carboxylic acids is 1. The van der Waals surface area contributed by atoms with Crippen LogP contribution in [0, 0.1) is 0 Å². The number of carbonyl (C=O) groups is 1. The van der Waals surface area contributed by atoms with Crippen LogP contribution >= 0.6 is 0 Å². The van der Waals surface area contributed by atoms with Gasteiger partial charge in [-0.25, -0.2) is 15.4 Å². The normalized spacial score (nSPS) is 16.2. The molecule has 9 heteroatoms. The number of methoxy groups -OCH3 is 1. The molecular weight excluding hydrogens is 456 g/mol. The smallest absolute Gasteiger partial charge is 0.274 e. The van der Waals surface area contributed by atoms with Gasteiger partial charge in [-0.2, -0.15) is 0 Å². The molecule has 4 rings (SSSR count). The number of hydroxylamine groups is 1. The molecule has 0 radical (unpaired) electrons. The molecule has 1 amide bonds. The Morgan fingerprint density at radius 1 is 0.972 bits per heavy atom. The molecule has 0 spiro atoms. The van der Waals surface area contributed by atoms with E-state index in [9.17, 15) is 4.79 Å². The number of rotatable bonds is 10. The zero-order valence-corrected chi connectivity index (χ0v) is 21.4. The summed E-state index contributed by atoms with van der Waals surface area (Å²) in [6.45, 7) is 7.87. The van der Waals surface area contributed by atoms with Gasteiger partial charge in [0.25, 0.3) is 5.91 Å². The Hall–Kier alpha value is -3.43. The van der Waals surface area contributed by atoms with Gasteiger partial charge in [-0.3, -0.25) is 9.63 Å². The lowest BCUT2D eigenvalue weighted by Gasteiger charge is -2.37. The van der Waals surface area contributed by atoms with Gasteiger partial charge in [0, 0.05) is 55.5 Å². The molecule has 0 unspecified atom stereocenters. The summed E-state index contributed by atoms with van der Waals surface area (Å²) in [6.07, 6.45) is 11.6. The number of aromatic nitrogens is 2. The third kappa shape index (κ3) is 6.83. The van der Waals surface area contributed by atoms with E-state index in [4.69, 9.17) is 9.57 Å². The van der Waals surface area contributed by atoms with Gasteiger partial charge < -0.3 is 19.9 Å². The van der Waals surface area contributed by atoms with Crippen LogP contribution in [0.15, 0.2) is 54.1 Å². The van der Waals surface area contributed by atoms with Crippen LogP contribution in [-0.2, 0) is 17.7 Å². The van der Waals surface area contributed by atoms with Gasteiger partial charge in [-0.15, -0.1) is 0 Å². The van der Waals surface area contributed by atoms with Crippen molar-refractivity contribution in [1.82, 2.24) is 25.2 Å². The topological polar surface area (TPSA) is 91.8 Å². The highest BCUT2D eigenvalue weighted by Crippen LogP contribution is 2.23. The SMILES string of the molecule is CCN1CCN(C2=CC=C(Nc3ncc(CCc4cc(OC)cc(C(=O)NOC)c4)cn3)CC2)CC1. The first-order valence-corrected chi connectivity index (χ1v) is 12.5. The Morgan fingerprint density at radius 3 is 2.36 bits per heavy atom. The summed E-state index contributed by atoms with van der Waals surface area (Å²) >= 11 is 0. The fraction of sp³-hybridized carbons (Fsp3) is 0.444. The third-order valence-electron chi connectivity index (χ3n) is 6.69. The van der Waals surface area contributed by atoms with E-state index in [1.54, 1.807) is 13.2 Å². The number of ether oxygens (including phenoxy) is 1. The summed E-state index contributed by atoms with van der Waals surface area (Å²) in [5, 5.41) is 3.36. The molecule has 2 aromatic rings. The highest BCUT2D eigenvalue weighted by atomic mass is 16.6. The van der Waals surface area contributed by atoms with Crippen molar-refractivity contribution in [3.05, 3.63) is 70.8 Å². The maximum absolute atomic E-state index is 12.1. The molecule has 9 nitrogen and oxygen atoms in total. The number of hydrogen-bond acceptors (Lipinski definition) is 8. The zero-order chi connectivity index (χ0) is 25.3. The van der Waals surface area contributed by atoms with Crippen molar-refractivity contribution < 1.29 is 14.4 Å². The van der Waals surface area contributed by atoms with Gasteiger partial charge in [0.2, 0.25) is 5.95 Å². The van der Waals surface area contributed by atoms with Crippen molar-refractivity contribution in [3.63, 3.8) is 0 Å². The molecule has 0 atom stereocenters. The van der Waals surface area contributed by atoms with Crippen LogP contribution in [0.4, 0.5) is 5.95 Å². The molecule has 2 aliphatic rings. The van der Waals surface area contributed by atoms with E-state index in [1.165, 1.54) is 12.8 Å². The Morgan fingerprint density at radius 2 is 1.72 bits per heavy atom. The molecule has 2 N–H and O–H groups in total. The van der Waals surface area contributed by atoms with Crippen LogP contribution < -0.4 is 15.5 Å². The van der Waals surface area contributed by atoms with Crippen LogP contribution in [0.3, 0.4) is 0 Å². The van der Waals surface area contributed by atoms with E-state index in [1.807, 2.05) is 24.5 Å². The lowest BCUT2D eigenvalue weighted by molar-refractivity contribution is 0.0537. The van der Waals surface area contributed by atoms with Crippen LogP contribution in [-0.4, -0.2) is 72.6 Å². The van der Waals surface area contributed by atoms with Crippen molar-refractivity contribution in [2.75, 3.05) is 52.3 Å². The summed E-state index contributed by atoms with van der Waals surface area (Å²) in [5.41, 5.74) is 7.41. The van der Waals surface area contributed by atoms with Gasteiger partial charge >= 0.3 is 0 Å². The van der Waals surface area contributed by atoms with Crippen molar-refractivity contribution in [3.8, 4) is 5.75 Å². The second kappa shape index (κ2) is 12.5. The number of likely N-dealkylation sites (N-methyl/N-ethyl adjacent to an activating group) is 1. The summed E-state index contributed by atoms with van der Waals surface area (Å²) < 4.78 is 5.35. The van der Waals surface area contributed by atoms with Crippen molar-refractivity contribution in [2.24, 2.45) is 0 Å². The minimum Gasteiger partial charge on any atom is -0.497 e. The average molecular weight is 493 g/mol. The molecule has 36 heavy (non-hydrogen) atoms. The lowest BCUT2D eigenvalue weighted by atomic mass is 10.0. The predicted octanol–water partition coefficient (Wildman–Crippen LogP) is 3.17. The maximum atomic E-state index is 12.1. The Kier molecular flexibility index (Phi) is 8.91. The maximum Gasteiger partial charge on any atom is 0.274 e. The molecule has 1 aliphatic carbocycles. The number of anilines is 1. The third-order valence-corrected chi connectivity index (χ3v) is 6.69. The lowest BCUT2D eigenvalue weighted by Crippen LogP contribution is -2.45. The fourth-order valence-corrected chi connectivity index (χ4v) is 4.53. The van der Waals surface area contributed by atoms with Gasteiger partial charge in [-0.1, -0.05) is 6.92 Å². The van der Waals surface area contributed by atoms with E-state index in [0.717, 1.165) is 75.2 Å². The first-order valence-electron chi connectivity index (χ1n) is 12.5. The van der Waals surface area contributed by atoms with E-state index in [-0.39, 0.29) is 5.91 Å². The summed E-state index contributed by atoms with van der Waals surface area (Å²) in [6, 6.07) is 5.46. The first-order chi connectivity index (χ1) is 17.6. The minimum absolute atomic E-state index is 0.311. The first kappa shape index (κ1) is 25.7.